The van der Waals surface area contributed by atoms with E-state index in [1.54, 1.807) is 0 Å². The van der Waals surface area contributed by atoms with Crippen LogP contribution in [0.1, 0.15) is 25.0 Å². The van der Waals surface area contributed by atoms with Gasteiger partial charge in [-0.15, -0.1) is 0 Å². The van der Waals surface area contributed by atoms with Crippen LogP contribution in [0, 0.1) is 0 Å². The highest BCUT2D eigenvalue weighted by atomic mass is 15.1. The Morgan fingerprint density at radius 3 is 2.61 bits per heavy atom. The molecule has 18 heavy (non-hydrogen) atoms. The molecule has 0 atom stereocenters. The fourth-order valence-electron chi connectivity index (χ4n) is 3.17. The van der Waals surface area contributed by atoms with E-state index in [1.807, 2.05) is 0 Å². The smallest absolute Gasteiger partial charge is 0.101 e. The van der Waals surface area contributed by atoms with Crippen molar-refractivity contribution in [1.82, 2.24) is 10.2 Å². The topological polar surface area (TPSA) is 28.7 Å². The van der Waals surface area contributed by atoms with Crippen LogP contribution >= 0.6 is 0 Å². The van der Waals surface area contributed by atoms with Crippen LogP contribution in [-0.4, -0.2) is 10.2 Å². The zero-order valence-corrected chi connectivity index (χ0v) is 10.5. The maximum atomic E-state index is 4.51. The molecule has 0 unspecified atom stereocenters. The molecule has 0 bridgehead atoms. The molecule has 2 heteroatoms. The Morgan fingerprint density at radius 2 is 1.72 bits per heavy atom. The number of aromatic nitrogens is 2. The number of hydrogen-bond acceptors (Lipinski definition) is 1. The predicted molar refractivity (Wildman–Crippen MR) is 73.7 cm³/mol. The van der Waals surface area contributed by atoms with E-state index < -0.39 is 0 Å². The van der Waals surface area contributed by atoms with E-state index in [4.69, 9.17) is 0 Å². The monoisotopic (exact) mass is 234 g/mol. The van der Waals surface area contributed by atoms with Gasteiger partial charge in [0, 0.05) is 16.4 Å². The van der Waals surface area contributed by atoms with Gasteiger partial charge in [-0.2, -0.15) is 5.10 Å². The van der Waals surface area contributed by atoms with Crippen molar-refractivity contribution in [3.63, 3.8) is 0 Å². The average molecular weight is 234 g/mol. The summed E-state index contributed by atoms with van der Waals surface area (Å²) >= 11 is 0. The van der Waals surface area contributed by atoms with E-state index in [9.17, 15) is 0 Å². The van der Waals surface area contributed by atoms with Gasteiger partial charge in [-0.05, 0) is 17.2 Å². The van der Waals surface area contributed by atoms with Gasteiger partial charge in [0.1, 0.15) is 5.69 Å². The highest BCUT2D eigenvalue weighted by molar-refractivity contribution is 6.00. The van der Waals surface area contributed by atoms with Gasteiger partial charge in [0.2, 0.25) is 0 Å². The molecule has 0 fully saturated rings. The lowest BCUT2D eigenvalue weighted by molar-refractivity contribution is 0.645. The molecule has 88 valence electrons. The van der Waals surface area contributed by atoms with Crippen LogP contribution in [0.25, 0.3) is 22.2 Å². The summed E-state index contributed by atoms with van der Waals surface area (Å²) in [7, 11) is 0. The average Bonchev–Trinajstić information content (AvgIpc) is 2.81. The van der Waals surface area contributed by atoms with Crippen molar-refractivity contribution >= 4 is 10.9 Å². The van der Waals surface area contributed by atoms with Gasteiger partial charge in [-0.25, -0.2) is 0 Å². The first-order valence-corrected chi connectivity index (χ1v) is 6.27. The van der Waals surface area contributed by atoms with E-state index in [2.05, 4.69) is 66.5 Å². The number of fused-ring (bicyclic) bond motifs is 2. The first-order chi connectivity index (χ1) is 8.69. The normalized spacial score (nSPS) is 15.7. The lowest BCUT2D eigenvalue weighted by Gasteiger charge is -2.32. The molecule has 1 heterocycles. The van der Waals surface area contributed by atoms with Crippen LogP contribution in [0.4, 0.5) is 0 Å². The summed E-state index contributed by atoms with van der Waals surface area (Å²) < 4.78 is 0. The zero-order valence-electron chi connectivity index (χ0n) is 10.5. The molecule has 0 spiro atoms. The minimum absolute atomic E-state index is 0.0347. The zero-order chi connectivity index (χ0) is 12.3. The van der Waals surface area contributed by atoms with Gasteiger partial charge in [0.15, 0.2) is 0 Å². The van der Waals surface area contributed by atoms with Crippen LogP contribution in [0.3, 0.4) is 0 Å². The van der Waals surface area contributed by atoms with Gasteiger partial charge in [-0.3, -0.25) is 5.10 Å². The van der Waals surface area contributed by atoms with Gasteiger partial charge in [0.25, 0.3) is 0 Å². The number of nitrogens with zero attached hydrogens (tertiary/aromatic N) is 1. The minimum Gasteiger partial charge on any atom is -0.277 e. The molecule has 2 aromatic carbocycles. The Hall–Kier alpha value is -2.09. The summed E-state index contributed by atoms with van der Waals surface area (Å²) in [6.07, 6.45) is 0. The van der Waals surface area contributed by atoms with Crippen molar-refractivity contribution in [2.75, 3.05) is 0 Å². The van der Waals surface area contributed by atoms with E-state index in [0.29, 0.717) is 0 Å². The molecular weight excluding hydrogens is 220 g/mol. The lowest BCUT2D eigenvalue weighted by atomic mass is 9.70. The number of benzene rings is 2. The molecule has 0 aliphatic heterocycles. The first-order valence-electron chi connectivity index (χ1n) is 6.27. The molecule has 1 aliphatic rings. The van der Waals surface area contributed by atoms with E-state index in [0.717, 1.165) is 11.2 Å². The van der Waals surface area contributed by atoms with Gasteiger partial charge in [0.05, 0.1) is 5.52 Å². The highest BCUT2D eigenvalue weighted by Gasteiger charge is 2.34. The minimum atomic E-state index is 0.0347. The van der Waals surface area contributed by atoms with Crippen LogP contribution < -0.4 is 0 Å². The molecule has 3 aromatic rings. The van der Waals surface area contributed by atoms with Crippen molar-refractivity contribution in [1.29, 1.82) is 0 Å². The van der Waals surface area contributed by atoms with Crippen LogP contribution in [0.2, 0.25) is 0 Å². The van der Waals surface area contributed by atoms with Gasteiger partial charge >= 0.3 is 0 Å². The number of aromatic amines is 1. The van der Waals surface area contributed by atoms with Crippen molar-refractivity contribution in [2.45, 2.75) is 19.3 Å². The third-order valence-electron chi connectivity index (χ3n) is 4.12. The fraction of sp³-hybridized carbons (Fsp3) is 0.188. The van der Waals surface area contributed by atoms with Crippen LogP contribution in [0.15, 0.2) is 42.5 Å². The second-order valence-electron chi connectivity index (χ2n) is 5.47. The van der Waals surface area contributed by atoms with Gasteiger partial charge < -0.3 is 0 Å². The molecule has 1 aromatic heterocycles. The second kappa shape index (κ2) is 3.02. The number of nitrogens with one attached hydrogen (secondary N) is 1. The Balaban J connectivity index is 2.27. The summed E-state index contributed by atoms with van der Waals surface area (Å²) in [5.74, 6) is 0. The van der Waals surface area contributed by atoms with Gasteiger partial charge in [-0.1, -0.05) is 50.2 Å². The Labute approximate surface area is 106 Å². The predicted octanol–water partition coefficient (Wildman–Crippen LogP) is 3.87. The molecule has 0 radical (unpaired) electrons. The summed E-state index contributed by atoms with van der Waals surface area (Å²) in [5.41, 5.74) is 6.24. The molecule has 0 amide bonds. The third-order valence-corrected chi connectivity index (χ3v) is 4.12. The maximum absolute atomic E-state index is 4.51. The molecule has 0 saturated heterocycles. The van der Waals surface area contributed by atoms with Crippen molar-refractivity contribution in [2.24, 2.45) is 0 Å². The SMILES string of the molecule is CC1(C)c2ccccc2-c2n[nH]c3cccc1c23. The molecule has 1 aliphatic carbocycles. The summed E-state index contributed by atoms with van der Waals surface area (Å²) in [6, 6.07) is 15.0. The summed E-state index contributed by atoms with van der Waals surface area (Å²) in [5, 5.41) is 8.94. The number of H-pyrrole nitrogens is 1. The Kier molecular flexibility index (Phi) is 1.66. The Bertz CT molecular complexity index is 766. The van der Waals surface area contributed by atoms with Crippen molar-refractivity contribution in [3.8, 4) is 11.3 Å². The van der Waals surface area contributed by atoms with E-state index >= 15 is 0 Å². The van der Waals surface area contributed by atoms with E-state index in [-0.39, 0.29) is 5.41 Å². The number of rotatable bonds is 0. The second-order valence-corrected chi connectivity index (χ2v) is 5.47. The maximum Gasteiger partial charge on any atom is 0.101 e. The molecule has 0 saturated carbocycles. The number of hydrogen-bond donors (Lipinski definition) is 1. The van der Waals surface area contributed by atoms with Crippen LogP contribution in [-0.2, 0) is 5.41 Å². The standard InChI is InChI=1S/C16H14N2/c1-16(2)11-7-4-3-6-10(11)15-14-12(16)8-5-9-13(14)17-18-15/h3-9H,1-2H3,(H,17,18). The Morgan fingerprint density at radius 1 is 0.944 bits per heavy atom. The highest BCUT2D eigenvalue weighted by Crippen LogP contribution is 2.47. The molecular formula is C16H14N2. The summed E-state index contributed by atoms with van der Waals surface area (Å²) in [4.78, 5) is 0. The van der Waals surface area contributed by atoms with E-state index in [1.165, 1.54) is 22.1 Å². The van der Waals surface area contributed by atoms with Crippen molar-refractivity contribution in [3.05, 3.63) is 53.6 Å². The largest absolute Gasteiger partial charge is 0.277 e. The quantitative estimate of drug-likeness (QED) is 0.628. The molecule has 2 nitrogen and oxygen atoms in total. The summed E-state index contributed by atoms with van der Waals surface area (Å²) in [6.45, 7) is 4.58. The molecule has 1 N–H and O–H groups in total. The molecule has 4 rings (SSSR count). The first kappa shape index (κ1) is 9.89. The van der Waals surface area contributed by atoms with Crippen molar-refractivity contribution < 1.29 is 0 Å². The fourth-order valence-corrected chi connectivity index (χ4v) is 3.17. The lowest BCUT2D eigenvalue weighted by Crippen LogP contribution is -2.23. The third kappa shape index (κ3) is 1.01. The van der Waals surface area contributed by atoms with Crippen LogP contribution in [0.5, 0.6) is 0 Å².